The topological polar surface area (TPSA) is 69.9 Å². The van der Waals surface area contributed by atoms with Crippen LogP contribution in [0.2, 0.25) is 0 Å². The number of methoxy groups -OCH3 is 1. The standard InChI is InChI=1S/C5H12O.C3H8O3/c1-5(2,3)6-4;4-1-3(6)2-5/h1-4H3;3-6H,1-2H2. The average Bonchev–Trinajstić information content (AvgIpc) is 2.03. The van der Waals surface area contributed by atoms with Crippen LogP contribution in [-0.4, -0.2) is 47.3 Å². The van der Waals surface area contributed by atoms with Crippen LogP contribution in [0, 0.1) is 0 Å². The van der Waals surface area contributed by atoms with Gasteiger partial charge in [-0.3, -0.25) is 0 Å². The molecular formula is C8H20O4. The highest BCUT2D eigenvalue weighted by Gasteiger charge is 2.03. The van der Waals surface area contributed by atoms with Crippen molar-refractivity contribution in [2.45, 2.75) is 32.5 Å². The van der Waals surface area contributed by atoms with Gasteiger partial charge in [0, 0.05) is 7.11 Å². The Kier molecular flexibility index (Phi) is 8.97. The Hall–Kier alpha value is -0.160. The fraction of sp³-hybridized carbons (Fsp3) is 1.00. The third kappa shape index (κ3) is 16.4. The van der Waals surface area contributed by atoms with Crippen LogP contribution in [0.15, 0.2) is 0 Å². The van der Waals surface area contributed by atoms with Crippen LogP contribution < -0.4 is 0 Å². The molecule has 0 bridgehead atoms. The number of aliphatic hydroxyl groups is 3. The summed E-state index contributed by atoms with van der Waals surface area (Å²) in [5.41, 5.74) is 0.0417. The van der Waals surface area contributed by atoms with Crippen LogP contribution in [0.5, 0.6) is 0 Å². The molecule has 0 aromatic heterocycles. The summed E-state index contributed by atoms with van der Waals surface area (Å²) in [4.78, 5) is 0. The largest absolute Gasteiger partial charge is 0.394 e. The van der Waals surface area contributed by atoms with E-state index in [-0.39, 0.29) is 18.8 Å². The van der Waals surface area contributed by atoms with Crippen molar-refractivity contribution in [3.63, 3.8) is 0 Å². The molecule has 0 aliphatic carbocycles. The van der Waals surface area contributed by atoms with E-state index in [0.29, 0.717) is 0 Å². The van der Waals surface area contributed by atoms with Gasteiger partial charge < -0.3 is 20.1 Å². The molecule has 0 aromatic carbocycles. The maximum absolute atomic E-state index is 8.17. The smallest absolute Gasteiger partial charge is 0.100 e. The maximum Gasteiger partial charge on any atom is 0.100 e. The number of aliphatic hydroxyl groups excluding tert-OH is 3. The van der Waals surface area contributed by atoms with E-state index in [9.17, 15) is 0 Å². The average molecular weight is 180 g/mol. The molecule has 0 saturated carbocycles. The first-order chi connectivity index (χ1) is 5.37. The van der Waals surface area contributed by atoms with Crippen molar-refractivity contribution in [3.05, 3.63) is 0 Å². The minimum absolute atomic E-state index is 0.0417. The Morgan fingerprint density at radius 1 is 1.17 bits per heavy atom. The van der Waals surface area contributed by atoms with Crippen molar-refractivity contribution in [1.82, 2.24) is 0 Å². The van der Waals surface area contributed by atoms with Gasteiger partial charge in [0.05, 0.1) is 18.8 Å². The number of hydrogen-bond acceptors (Lipinski definition) is 4. The highest BCUT2D eigenvalue weighted by Crippen LogP contribution is 2.02. The van der Waals surface area contributed by atoms with Crippen molar-refractivity contribution < 1.29 is 20.1 Å². The van der Waals surface area contributed by atoms with Gasteiger partial charge in [0.15, 0.2) is 0 Å². The van der Waals surface area contributed by atoms with E-state index >= 15 is 0 Å². The summed E-state index contributed by atoms with van der Waals surface area (Å²) in [5, 5.41) is 24.0. The highest BCUT2D eigenvalue weighted by atomic mass is 16.5. The fourth-order valence-corrected chi connectivity index (χ4v) is 0.0577. The maximum atomic E-state index is 8.17. The molecule has 4 nitrogen and oxygen atoms in total. The third-order valence-corrected chi connectivity index (χ3v) is 1.03. The van der Waals surface area contributed by atoms with Crippen molar-refractivity contribution >= 4 is 0 Å². The van der Waals surface area contributed by atoms with Crippen LogP contribution in [0.25, 0.3) is 0 Å². The Balaban J connectivity index is 0. The summed E-state index contributed by atoms with van der Waals surface area (Å²) < 4.78 is 4.94. The zero-order valence-electron chi connectivity index (χ0n) is 8.24. The van der Waals surface area contributed by atoms with E-state index in [2.05, 4.69) is 0 Å². The number of rotatable bonds is 2. The predicted octanol–water partition coefficient (Wildman–Crippen LogP) is -0.237. The van der Waals surface area contributed by atoms with Crippen molar-refractivity contribution in [2.24, 2.45) is 0 Å². The van der Waals surface area contributed by atoms with Gasteiger partial charge >= 0.3 is 0 Å². The van der Waals surface area contributed by atoms with Crippen LogP contribution in [0.4, 0.5) is 0 Å². The summed E-state index contributed by atoms with van der Waals surface area (Å²) in [6.45, 7) is 5.33. The van der Waals surface area contributed by atoms with Crippen molar-refractivity contribution in [3.8, 4) is 0 Å². The summed E-state index contributed by atoms with van der Waals surface area (Å²) in [5.74, 6) is 0. The van der Waals surface area contributed by atoms with Crippen molar-refractivity contribution in [2.75, 3.05) is 20.3 Å². The van der Waals surface area contributed by atoms with E-state index in [4.69, 9.17) is 20.1 Å². The molecule has 0 spiro atoms. The predicted molar refractivity (Wildman–Crippen MR) is 46.9 cm³/mol. The Labute approximate surface area is 73.8 Å². The lowest BCUT2D eigenvalue weighted by atomic mass is 10.2. The third-order valence-electron chi connectivity index (χ3n) is 1.03. The van der Waals surface area contributed by atoms with E-state index < -0.39 is 6.10 Å². The second kappa shape index (κ2) is 7.49. The SMILES string of the molecule is COC(C)(C)C.OCC(O)CO. The Bertz CT molecular complexity index is 83.5. The van der Waals surface area contributed by atoms with E-state index in [0.717, 1.165) is 0 Å². The van der Waals surface area contributed by atoms with Crippen LogP contribution in [0.3, 0.4) is 0 Å². The molecule has 4 heteroatoms. The fourth-order valence-electron chi connectivity index (χ4n) is 0.0577. The molecule has 0 unspecified atom stereocenters. The normalized spacial score (nSPS) is 11.0. The molecule has 12 heavy (non-hydrogen) atoms. The van der Waals surface area contributed by atoms with Crippen LogP contribution >= 0.6 is 0 Å². The lowest BCUT2D eigenvalue weighted by Gasteiger charge is -2.14. The second-order valence-corrected chi connectivity index (χ2v) is 3.34. The molecule has 0 aromatic rings. The molecule has 0 rings (SSSR count). The molecular weight excluding hydrogens is 160 g/mol. The Morgan fingerprint density at radius 2 is 1.42 bits per heavy atom. The van der Waals surface area contributed by atoms with Gasteiger partial charge in [-0.25, -0.2) is 0 Å². The Morgan fingerprint density at radius 3 is 1.42 bits per heavy atom. The molecule has 0 saturated heterocycles. The van der Waals surface area contributed by atoms with E-state index in [1.807, 2.05) is 20.8 Å². The van der Waals surface area contributed by atoms with Gasteiger partial charge in [-0.05, 0) is 20.8 Å². The van der Waals surface area contributed by atoms with E-state index in [1.54, 1.807) is 7.11 Å². The summed E-state index contributed by atoms with van der Waals surface area (Å²) >= 11 is 0. The van der Waals surface area contributed by atoms with Crippen LogP contribution in [0.1, 0.15) is 20.8 Å². The second-order valence-electron chi connectivity index (χ2n) is 3.34. The summed E-state index contributed by atoms with van der Waals surface area (Å²) in [6.07, 6.45) is -0.954. The summed E-state index contributed by atoms with van der Waals surface area (Å²) in [6, 6.07) is 0. The molecule has 0 amide bonds. The monoisotopic (exact) mass is 180 g/mol. The molecule has 3 N–H and O–H groups in total. The molecule has 0 heterocycles. The first-order valence-electron chi connectivity index (χ1n) is 3.82. The van der Waals surface area contributed by atoms with Gasteiger partial charge in [-0.15, -0.1) is 0 Å². The minimum atomic E-state index is -0.954. The minimum Gasteiger partial charge on any atom is -0.394 e. The quantitative estimate of drug-likeness (QED) is 0.548. The zero-order valence-corrected chi connectivity index (χ0v) is 8.24. The molecule has 0 radical (unpaired) electrons. The van der Waals surface area contributed by atoms with E-state index in [1.165, 1.54) is 0 Å². The molecule has 0 aliphatic heterocycles. The van der Waals surface area contributed by atoms with Gasteiger partial charge in [0.2, 0.25) is 0 Å². The van der Waals surface area contributed by atoms with Crippen LogP contribution in [-0.2, 0) is 4.74 Å². The zero-order chi connectivity index (χ0) is 10.2. The molecule has 76 valence electrons. The number of hydrogen-bond donors (Lipinski definition) is 3. The highest BCUT2D eigenvalue weighted by molar-refractivity contribution is 4.55. The van der Waals surface area contributed by atoms with Gasteiger partial charge in [-0.2, -0.15) is 0 Å². The lowest BCUT2D eigenvalue weighted by Crippen LogP contribution is -2.15. The van der Waals surface area contributed by atoms with Gasteiger partial charge in [-0.1, -0.05) is 0 Å². The van der Waals surface area contributed by atoms with Gasteiger partial charge in [0.1, 0.15) is 6.10 Å². The molecule has 0 fully saturated rings. The first-order valence-corrected chi connectivity index (χ1v) is 3.82. The number of ether oxygens (including phenoxy) is 1. The van der Waals surface area contributed by atoms with Crippen molar-refractivity contribution in [1.29, 1.82) is 0 Å². The lowest BCUT2D eigenvalue weighted by molar-refractivity contribution is 0.0397. The molecule has 0 aliphatic rings. The van der Waals surface area contributed by atoms with Gasteiger partial charge in [0.25, 0.3) is 0 Å². The summed E-state index contributed by atoms with van der Waals surface area (Å²) in [7, 11) is 1.71. The first kappa shape index (κ1) is 14.4. The molecule has 0 atom stereocenters.